The van der Waals surface area contributed by atoms with Gasteiger partial charge in [-0.2, -0.15) is 0 Å². The van der Waals surface area contributed by atoms with Crippen molar-refractivity contribution in [1.29, 1.82) is 0 Å². The van der Waals surface area contributed by atoms with E-state index in [9.17, 15) is 24.5 Å². The van der Waals surface area contributed by atoms with Crippen LogP contribution < -0.4 is 27.9 Å². The Hall–Kier alpha value is -4.68. The summed E-state index contributed by atoms with van der Waals surface area (Å²) in [6.07, 6.45) is 0.462. The summed E-state index contributed by atoms with van der Waals surface area (Å²) in [6.45, 7) is 4.18. The molecule has 0 unspecified atom stereocenters. The summed E-state index contributed by atoms with van der Waals surface area (Å²) in [5.74, 6) is -1.43. The van der Waals surface area contributed by atoms with Gasteiger partial charge in [-0.3, -0.25) is 9.59 Å². The molecule has 13 nitrogen and oxygen atoms in total. The molecule has 0 radical (unpaired) electrons. The number of hydrazine groups is 1. The van der Waals surface area contributed by atoms with Crippen LogP contribution >= 0.6 is 0 Å². The molecule has 2 aromatic rings. The van der Waals surface area contributed by atoms with Crippen LogP contribution in [0.5, 0.6) is 0 Å². The van der Waals surface area contributed by atoms with Gasteiger partial charge in [0.2, 0.25) is 5.91 Å². The minimum absolute atomic E-state index is 0.0869. The predicted octanol–water partition coefficient (Wildman–Crippen LogP) is 0.844. The number of hydrogen-bond acceptors (Lipinski definition) is 6. The molecule has 37 heavy (non-hydrogen) atoms. The quantitative estimate of drug-likeness (QED) is 0.0907. The highest BCUT2D eigenvalue weighted by molar-refractivity contribution is 5.97. The lowest BCUT2D eigenvalue weighted by Crippen LogP contribution is -2.47. The standard InChI is InChI=1S/C24H32N8O5/c1-15-10-16(2)12-19(11-15)22(34)31(14-18-7-5-17(6-8-18)13-29-24(27)35)20(21(25)33)4-3-9-28-23(26)30-32(36)37/h5-8,10-12,20H,3-4,9,13-14H2,1-2H3,(H2,25,33)(H3,26,28,30)(H3,27,29,35)/t20-/m1/s1. The molecule has 1 atom stereocenters. The third kappa shape index (κ3) is 9.47. The molecule has 0 aromatic heterocycles. The lowest BCUT2D eigenvalue weighted by Gasteiger charge is -2.30. The van der Waals surface area contributed by atoms with Crippen molar-refractivity contribution in [1.82, 2.24) is 15.6 Å². The third-order valence-corrected chi connectivity index (χ3v) is 5.40. The fourth-order valence-electron chi connectivity index (χ4n) is 3.80. The van der Waals surface area contributed by atoms with Gasteiger partial charge in [0.1, 0.15) is 6.04 Å². The van der Waals surface area contributed by atoms with E-state index in [4.69, 9.17) is 17.2 Å². The summed E-state index contributed by atoms with van der Waals surface area (Å²) in [7, 11) is 0. The van der Waals surface area contributed by atoms with E-state index in [0.29, 0.717) is 12.0 Å². The molecule has 0 aliphatic heterocycles. The number of hydrogen-bond donors (Lipinski definition) is 5. The van der Waals surface area contributed by atoms with Crippen molar-refractivity contribution in [2.75, 3.05) is 6.54 Å². The average molecular weight is 513 g/mol. The SMILES string of the molecule is Cc1cc(C)cc(C(=O)N(Cc2ccc(CNC(N)=O)cc2)[C@H](CCCN=C(N)N[N+](=O)[O-])C(N)=O)c1. The van der Waals surface area contributed by atoms with Gasteiger partial charge in [0, 0.05) is 25.2 Å². The van der Waals surface area contributed by atoms with Crippen LogP contribution in [0, 0.1) is 24.0 Å². The summed E-state index contributed by atoms with van der Waals surface area (Å²) in [4.78, 5) is 52.8. The lowest BCUT2D eigenvalue weighted by molar-refractivity contribution is -0.525. The fraction of sp³-hybridized carbons (Fsp3) is 0.333. The molecule has 0 saturated carbocycles. The Morgan fingerprint density at radius 1 is 1.03 bits per heavy atom. The fourth-order valence-corrected chi connectivity index (χ4v) is 3.80. The van der Waals surface area contributed by atoms with E-state index in [1.54, 1.807) is 41.8 Å². The Balaban J connectivity index is 2.29. The molecule has 0 heterocycles. The highest BCUT2D eigenvalue weighted by atomic mass is 16.7. The monoisotopic (exact) mass is 512 g/mol. The van der Waals surface area contributed by atoms with E-state index in [2.05, 4.69) is 10.3 Å². The molecular weight excluding hydrogens is 480 g/mol. The smallest absolute Gasteiger partial charge is 0.312 e. The number of carbonyl (C=O) groups is 3. The number of nitrogens with one attached hydrogen (secondary N) is 2. The van der Waals surface area contributed by atoms with E-state index in [0.717, 1.165) is 22.3 Å². The molecule has 2 rings (SSSR count). The number of nitro groups is 1. The van der Waals surface area contributed by atoms with Crippen molar-refractivity contribution >= 4 is 23.8 Å². The summed E-state index contributed by atoms with van der Waals surface area (Å²) < 4.78 is 0. The van der Waals surface area contributed by atoms with Crippen molar-refractivity contribution in [3.05, 3.63) is 80.4 Å². The van der Waals surface area contributed by atoms with Crippen LogP contribution in [0.15, 0.2) is 47.5 Å². The van der Waals surface area contributed by atoms with Gasteiger partial charge in [0.25, 0.3) is 11.9 Å². The highest BCUT2D eigenvalue weighted by Gasteiger charge is 2.29. The summed E-state index contributed by atoms with van der Waals surface area (Å²) in [5.41, 5.74) is 21.8. The molecule has 0 saturated heterocycles. The first kappa shape index (κ1) is 28.6. The lowest BCUT2D eigenvalue weighted by atomic mass is 10.0. The Bertz CT molecular complexity index is 1150. The molecule has 0 bridgehead atoms. The zero-order valence-corrected chi connectivity index (χ0v) is 20.8. The van der Waals surface area contributed by atoms with Gasteiger partial charge >= 0.3 is 6.03 Å². The normalized spacial score (nSPS) is 11.9. The second-order valence-electron chi connectivity index (χ2n) is 8.54. The van der Waals surface area contributed by atoms with Gasteiger partial charge in [0.15, 0.2) is 5.03 Å². The first-order valence-corrected chi connectivity index (χ1v) is 11.5. The van der Waals surface area contributed by atoms with Crippen LogP contribution in [0.25, 0.3) is 0 Å². The van der Waals surface area contributed by atoms with E-state index >= 15 is 0 Å². The van der Waals surface area contributed by atoms with E-state index in [1.165, 1.54) is 4.90 Å². The van der Waals surface area contributed by atoms with Gasteiger partial charge in [-0.05, 0) is 49.9 Å². The van der Waals surface area contributed by atoms with Gasteiger partial charge in [0.05, 0.1) is 0 Å². The number of primary amides is 2. The van der Waals surface area contributed by atoms with Crippen LogP contribution in [0.2, 0.25) is 0 Å². The molecule has 8 N–H and O–H groups in total. The van der Waals surface area contributed by atoms with Crippen LogP contribution in [0.4, 0.5) is 4.79 Å². The van der Waals surface area contributed by atoms with E-state index in [1.807, 2.05) is 19.9 Å². The molecule has 0 aliphatic rings. The summed E-state index contributed by atoms with van der Waals surface area (Å²) >= 11 is 0. The predicted molar refractivity (Wildman–Crippen MR) is 137 cm³/mol. The molecule has 0 spiro atoms. The second-order valence-corrected chi connectivity index (χ2v) is 8.54. The second kappa shape index (κ2) is 13.4. The average Bonchev–Trinajstić information content (AvgIpc) is 2.80. The maximum atomic E-state index is 13.6. The first-order chi connectivity index (χ1) is 17.5. The number of benzene rings is 2. The molecule has 0 aliphatic carbocycles. The van der Waals surface area contributed by atoms with E-state index in [-0.39, 0.29) is 37.9 Å². The zero-order valence-electron chi connectivity index (χ0n) is 20.8. The number of nitrogens with zero attached hydrogens (tertiary/aromatic N) is 3. The van der Waals surface area contributed by atoms with Gasteiger partial charge in [-0.1, -0.05) is 46.9 Å². The van der Waals surface area contributed by atoms with Gasteiger partial charge in [-0.25, -0.2) is 19.9 Å². The first-order valence-electron chi connectivity index (χ1n) is 11.5. The maximum absolute atomic E-state index is 13.6. The van der Waals surface area contributed by atoms with Crippen molar-refractivity contribution in [2.24, 2.45) is 22.2 Å². The molecule has 198 valence electrons. The van der Waals surface area contributed by atoms with Crippen LogP contribution in [-0.2, 0) is 17.9 Å². The molecule has 2 aromatic carbocycles. The number of carbonyl (C=O) groups excluding carboxylic acids is 3. The summed E-state index contributed by atoms with van der Waals surface area (Å²) in [6, 6.07) is 10.9. The van der Waals surface area contributed by atoms with Crippen LogP contribution in [0.1, 0.15) is 45.5 Å². The number of amides is 4. The van der Waals surface area contributed by atoms with Crippen molar-refractivity contribution in [3.63, 3.8) is 0 Å². The largest absolute Gasteiger partial charge is 0.368 e. The van der Waals surface area contributed by atoms with Gasteiger partial charge in [-0.15, -0.1) is 0 Å². The zero-order chi connectivity index (χ0) is 27.5. The van der Waals surface area contributed by atoms with Crippen LogP contribution in [0.3, 0.4) is 0 Å². The van der Waals surface area contributed by atoms with Crippen molar-refractivity contribution in [3.8, 4) is 0 Å². The van der Waals surface area contributed by atoms with Crippen LogP contribution in [-0.4, -0.2) is 46.3 Å². The topological polar surface area (TPSA) is 212 Å². The molecule has 4 amide bonds. The molecule has 0 fully saturated rings. The molecule has 13 heteroatoms. The maximum Gasteiger partial charge on any atom is 0.312 e. The van der Waals surface area contributed by atoms with Crippen molar-refractivity contribution < 1.29 is 19.4 Å². The number of rotatable bonds is 12. The Morgan fingerprint density at radius 3 is 2.16 bits per heavy atom. The number of nitrogens with two attached hydrogens (primary N) is 3. The van der Waals surface area contributed by atoms with Crippen molar-refractivity contribution in [2.45, 2.75) is 45.8 Å². The number of urea groups is 1. The summed E-state index contributed by atoms with van der Waals surface area (Å²) in [5, 5.41) is 12.1. The highest BCUT2D eigenvalue weighted by Crippen LogP contribution is 2.19. The minimum atomic E-state index is -0.968. The third-order valence-electron chi connectivity index (χ3n) is 5.40. The number of aliphatic imine (C=N–C) groups is 1. The minimum Gasteiger partial charge on any atom is -0.368 e. The van der Waals surface area contributed by atoms with Gasteiger partial charge < -0.3 is 27.4 Å². The number of guanidine groups is 1. The Labute approximate surface area is 214 Å². The number of aryl methyl sites for hydroxylation is 2. The molecular formula is C24H32N8O5. The Morgan fingerprint density at radius 2 is 1.62 bits per heavy atom. The Kier molecular flexibility index (Phi) is 10.4. The van der Waals surface area contributed by atoms with E-state index < -0.39 is 23.0 Å².